The van der Waals surface area contributed by atoms with Crippen LogP contribution in [0.2, 0.25) is 0 Å². The van der Waals surface area contributed by atoms with E-state index in [1.807, 2.05) is 0 Å². The molecule has 0 bridgehead atoms. The zero-order chi connectivity index (χ0) is 9.02. The molecule has 0 aromatic heterocycles. The molecule has 0 N–H and O–H groups in total. The van der Waals surface area contributed by atoms with Crippen molar-refractivity contribution in [1.82, 2.24) is 0 Å². The van der Waals surface area contributed by atoms with E-state index in [0.29, 0.717) is 0 Å². The molecule has 0 atom stereocenters. The van der Waals surface area contributed by atoms with E-state index >= 15 is 0 Å². The second-order valence-corrected chi connectivity index (χ2v) is 2.24. The van der Waals surface area contributed by atoms with Crippen molar-refractivity contribution < 1.29 is 40.5 Å². The van der Waals surface area contributed by atoms with E-state index in [1.54, 1.807) is 0 Å². The number of rotatable bonds is 2. The van der Waals surface area contributed by atoms with Crippen LogP contribution in [0.15, 0.2) is 24.3 Å². The van der Waals surface area contributed by atoms with E-state index in [-0.39, 0.29) is 37.3 Å². The summed E-state index contributed by atoms with van der Waals surface area (Å²) in [6.07, 6.45) is 0. The molecule has 0 aliphatic carbocycles. The van der Waals surface area contributed by atoms with Crippen LogP contribution < -0.4 is 0 Å². The van der Waals surface area contributed by atoms with E-state index in [2.05, 4.69) is 17.9 Å². The number of ether oxygens (including phenoxy) is 1. The van der Waals surface area contributed by atoms with Crippen molar-refractivity contribution in [2.45, 2.75) is 13.8 Å². The predicted octanol–water partition coefficient (Wildman–Crippen LogP) is 1.21. The first kappa shape index (κ1) is 14.1. The minimum atomic E-state index is -0.710. The molecule has 0 rings (SSSR count). The fourth-order valence-electron chi connectivity index (χ4n) is 0.258. The topological polar surface area (TPSA) is 43.4 Å². The summed E-state index contributed by atoms with van der Waals surface area (Å²) in [7, 11) is 0. The van der Waals surface area contributed by atoms with E-state index in [4.69, 9.17) is 0 Å². The maximum atomic E-state index is 10.7. The molecule has 3 nitrogen and oxygen atoms in total. The van der Waals surface area contributed by atoms with Gasteiger partial charge in [-0.15, -0.1) is 0 Å². The molecule has 0 radical (unpaired) electrons. The number of hydrogen-bond acceptors (Lipinski definition) is 3. The van der Waals surface area contributed by atoms with Crippen LogP contribution in [-0.4, -0.2) is 11.9 Å². The summed E-state index contributed by atoms with van der Waals surface area (Å²) >= 11 is 0. The molecule has 0 aromatic carbocycles. The Morgan fingerprint density at radius 2 is 1.25 bits per heavy atom. The summed E-state index contributed by atoms with van der Waals surface area (Å²) in [6, 6.07) is 0. The fraction of sp³-hybridized carbons (Fsp3) is 0.250. The normalized spacial score (nSPS) is 7.83. The van der Waals surface area contributed by atoms with Crippen LogP contribution in [0.4, 0.5) is 0 Å². The molecule has 0 saturated heterocycles. The molecule has 4 heteroatoms. The molecular weight excluding hydrogens is 235 g/mol. The average Bonchev–Trinajstić information content (AvgIpc) is 1.87. The first-order valence-electron chi connectivity index (χ1n) is 3.02. The summed E-state index contributed by atoms with van der Waals surface area (Å²) in [5.74, 6) is -1.42. The van der Waals surface area contributed by atoms with Gasteiger partial charge in [0.2, 0.25) is 0 Å². The van der Waals surface area contributed by atoms with Crippen LogP contribution in [0.3, 0.4) is 0 Å². The molecule has 64 valence electrons. The van der Waals surface area contributed by atoms with Gasteiger partial charge in [-0.3, -0.25) is 0 Å². The van der Waals surface area contributed by atoms with Crippen LogP contribution in [0.5, 0.6) is 0 Å². The van der Waals surface area contributed by atoms with Crippen LogP contribution in [0.25, 0.3) is 0 Å². The van der Waals surface area contributed by atoms with Gasteiger partial charge in [-0.1, -0.05) is 13.2 Å². The van der Waals surface area contributed by atoms with E-state index in [0.717, 1.165) is 0 Å². The molecule has 0 unspecified atom stereocenters. The van der Waals surface area contributed by atoms with Crippen LogP contribution in [0, 0.1) is 0 Å². The smallest absolute Gasteiger partial charge is 0.340 e. The van der Waals surface area contributed by atoms with Gasteiger partial charge in [0.05, 0.1) is 0 Å². The van der Waals surface area contributed by atoms with Crippen molar-refractivity contribution in [1.29, 1.82) is 0 Å². The largest absolute Gasteiger partial charge is 0.386 e. The summed E-state index contributed by atoms with van der Waals surface area (Å²) < 4.78 is 4.30. The Morgan fingerprint density at radius 1 is 1.00 bits per heavy atom. The van der Waals surface area contributed by atoms with Gasteiger partial charge in [-0.2, -0.15) is 0 Å². The van der Waals surface area contributed by atoms with Crippen LogP contribution >= 0.6 is 0 Å². The second-order valence-electron chi connectivity index (χ2n) is 2.24. The van der Waals surface area contributed by atoms with Crippen molar-refractivity contribution >= 4 is 11.9 Å². The molecule has 0 heterocycles. The number of carbonyl (C=O) groups excluding carboxylic acids is 2. The molecular formula is C8H10O3Zr. The quantitative estimate of drug-likeness (QED) is 0.417. The zero-order valence-electron chi connectivity index (χ0n) is 7.14. The van der Waals surface area contributed by atoms with Gasteiger partial charge in [-0.05, 0) is 13.8 Å². The average molecular weight is 245 g/mol. The standard InChI is InChI=1S/C8H10O3.Zr/c1-5(2)7(9)11-8(10)6(3)4;/h1,3H2,2,4H3;. The van der Waals surface area contributed by atoms with E-state index in [1.165, 1.54) is 13.8 Å². The Morgan fingerprint density at radius 3 is 1.42 bits per heavy atom. The van der Waals surface area contributed by atoms with Gasteiger partial charge in [-0.25, -0.2) is 9.59 Å². The second kappa shape index (κ2) is 6.07. The monoisotopic (exact) mass is 244 g/mol. The van der Waals surface area contributed by atoms with Gasteiger partial charge >= 0.3 is 11.9 Å². The fourth-order valence-corrected chi connectivity index (χ4v) is 0.258. The Labute approximate surface area is 90.6 Å². The minimum absolute atomic E-state index is 0. The zero-order valence-corrected chi connectivity index (χ0v) is 9.60. The third-order valence-electron chi connectivity index (χ3n) is 0.882. The summed E-state index contributed by atoms with van der Waals surface area (Å²) in [6.45, 7) is 9.55. The summed E-state index contributed by atoms with van der Waals surface area (Å²) in [5.41, 5.74) is 0.388. The number of hydrogen-bond donors (Lipinski definition) is 0. The van der Waals surface area contributed by atoms with Crippen LogP contribution in [-0.2, 0) is 40.5 Å². The first-order chi connectivity index (χ1) is 4.95. The summed E-state index contributed by atoms with van der Waals surface area (Å²) in [5, 5.41) is 0. The molecule has 0 aliphatic rings. The van der Waals surface area contributed by atoms with Gasteiger partial charge in [0, 0.05) is 37.3 Å². The van der Waals surface area contributed by atoms with Crippen molar-refractivity contribution in [3.05, 3.63) is 24.3 Å². The summed E-state index contributed by atoms with van der Waals surface area (Å²) in [4.78, 5) is 21.3. The Bertz CT molecular complexity index is 206. The third-order valence-corrected chi connectivity index (χ3v) is 0.882. The van der Waals surface area contributed by atoms with E-state index in [9.17, 15) is 9.59 Å². The van der Waals surface area contributed by atoms with Gasteiger partial charge in [0.25, 0.3) is 0 Å². The Kier molecular flexibility index (Phi) is 7.10. The van der Waals surface area contributed by atoms with E-state index < -0.39 is 11.9 Å². The first-order valence-corrected chi connectivity index (χ1v) is 3.02. The molecule has 0 spiro atoms. The maximum Gasteiger partial charge on any atom is 0.340 e. The SMILES string of the molecule is C=C(C)C(=O)OC(=O)C(=C)C.[Zr]. The number of carbonyl (C=O) groups is 2. The molecule has 0 fully saturated rings. The molecule has 0 amide bonds. The van der Waals surface area contributed by atoms with Crippen molar-refractivity contribution in [3.63, 3.8) is 0 Å². The van der Waals surface area contributed by atoms with Gasteiger partial charge < -0.3 is 4.74 Å². The van der Waals surface area contributed by atoms with Crippen LogP contribution in [0.1, 0.15) is 13.8 Å². The van der Waals surface area contributed by atoms with Gasteiger partial charge in [0.15, 0.2) is 0 Å². The Hall–Kier alpha value is -0.497. The minimum Gasteiger partial charge on any atom is -0.386 e. The molecule has 0 aromatic rings. The Balaban J connectivity index is 0. The molecule has 12 heavy (non-hydrogen) atoms. The van der Waals surface area contributed by atoms with Crippen molar-refractivity contribution in [2.75, 3.05) is 0 Å². The predicted molar refractivity (Wildman–Crippen MR) is 40.7 cm³/mol. The molecule has 0 aliphatic heterocycles. The van der Waals surface area contributed by atoms with Crippen molar-refractivity contribution in [3.8, 4) is 0 Å². The molecule has 0 saturated carbocycles. The third kappa shape index (κ3) is 5.19. The van der Waals surface area contributed by atoms with Crippen molar-refractivity contribution in [2.24, 2.45) is 0 Å². The number of esters is 2. The van der Waals surface area contributed by atoms with Gasteiger partial charge in [0.1, 0.15) is 0 Å². The maximum absolute atomic E-state index is 10.7.